The van der Waals surface area contributed by atoms with Gasteiger partial charge in [-0.25, -0.2) is 4.39 Å². The highest BCUT2D eigenvalue weighted by Gasteiger charge is 2.17. The Morgan fingerprint density at radius 3 is 2.95 bits per heavy atom. The number of piperidine rings is 1. The molecular formula is C16H24BrFN2. The number of nitrogens with zero attached hydrogens (tertiary/aromatic N) is 1. The lowest BCUT2D eigenvalue weighted by atomic mass is 9.98. The minimum atomic E-state index is -0.181. The molecule has 0 aromatic heterocycles. The molecule has 0 radical (unpaired) electrons. The molecule has 0 aliphatic carbocycles. The standard InChI is InChI=1S/C16H24BrFN2/c1-2-8-20(11-13-4-3-7-19-10-13)12-14-5-6-15(18)9-16(14)17/h5-6,9,13,19H,2-4,7-8,10-12H2,1H3. The second-order valence-corrected chi connectivity index (χ2v) is 6.54. The maximum atomic E-state index is 13.2. The highest BCUT2D eigenvalue weighted by atomic mass is 79.9. The number of hydrogen-bond acceptors (Lipinski definition) is 2. The zero-order chi connectivity index (χ0) is 14.4. The highest BCUT2D eigenvalue weighted by Crippen LogP contribution is 2.21. The van der Waals surface area contributed by atoms with E-state index < -0.39 is 0 Å². The van der Waals surface area contributed by atoms with E-state index in [1.807, 2.05) is 6.07 Å². The Kier molecular flexibility index (Phi) is 6.46. The number of hydrogen-bond donors (Lipinski definition) is 1. The summed E-state index contributed by atoms with van der Waals surface area (Å²) in [6.45, 7) is 7.63. The fourth-order valence-electron chi connectivity index (χ4n) is 2.89. The molecule has 112 valence electrons. The Bertz CT molecular complexity index is 419. The average Bonchev–Trinajstić information content (AvgIpc) is 2.43. The Morgan fingerprint density at radius 2 is 2.30 bits per heavy atom. The molecule has 1 aliphatic heterocycles. The molecule has 0 saturated carbocycles. The second-order valence-electron chi connectivity index (χ2n) is 5.68. The van der Waals surface area contributed by atoms with Crippen molar-refractivity contribution in [1.29, 1.82) is 0 Å². The summed E-state index contributed by atoms with van der Waals surface area (Å²) >= 11 is 3.47. The Labute approximate surface area is 129 Å². The minimum Gasteiger partial charge on any atom is -0.316 e. The van der Waals surface area contributed by atoms with E-state index in [0.717, 1.165) is 49.5 Å². The molecule has 0 spiro atoms. The van der Waals surface area contributed by atoms with E-state index in [-0.39, 0.29) is 5.82 Å². The van der Waals surface area contributed by atoms with Crippen molar-refractivity contribution in [2.45, 2.75) is 32.7 Å². The van der Waals surface area contributed by atoms with Crippen LogP contribution in [0, 0.1) is 11.7 Å². The van der Waals surface area contributed by atoms with Crippen molar-refractivity contribution >= 4 is 15.9 Å². The fraction of sp³-hybridized carbons (Fsp3) is 0.625. The van der Waals surface area contributed by atoms with Gasteiger partial charge >= 0.3 is 0 Å². The summed E-state index contributed by atoms with van der Waals surface area (Å²) in [5.74, 6) is 0.564. The normalized spacial score (nSPS) is 19.5. The van der Waals surface area contributed by atoms with Gasteiger partial charge in [0.25, 0.3) is 0 Å². The first-order chi connectivity index (χ1) is 9.69. The summed E-state index contributed by atoms with van der Waals surface area (Å²) < 4.78 is 14.0. The van der Waals surface area contributed by atoms with Crippen LogP contribution >= 0.6 is 15.9 Å². The third-order valence-electron chi connectivity index (χ3n) is 3.86. The third-order valence-corrected chi connectivity index (χ3v) is 4.60. The number of benzene rings is 1. The molecule has 0 bridgehead atoms. The predicted octanol–water partition coefficient (Wildman–Crippen LogP) is 3.80. The summed E-state index contributed by atoms with van der Waals surface area (Å²) in [5, 5.41) is 3.48. The van der Waals surface area contributed by atoms with Crippen LogP contribution in [0.4, 0.5) is 4.39 Å². The van der Waals surface area contributed by atoms with E-state index in [0.29, 0.717) is 0 Å². The predicted molar refractivity (Wildman–Crippen MR) is 85.3 cm³/mol. The first-order valence-corrected chi connectivity index (χ1v) is 8.35. The van der Waals surface area contributed by atoms with Crippen LogP contribution in [0.25, 0.3) is 0 Å². The number of rotatable bonds is 6. The van der Waals surface area contributed by atoms with Gasteiger partial charge in [-0.15, -0.1) is 0 Å². The quantitative estimate of drug-likeness (QED) is 0.845. The van der Waals surface area contributed by atoms with Crippen molar-refractivity contribution < 1.29 is 4.39 Å². The van der Waals surface area contributed by atoms with Crippen LogP contribution in [0.1, 0.15) is 31.7 Å². The van der Waals surface area contributed by atoms with Crippen LogP contribution in [0.15, 0.2) is 22.7 Å². The molecular weight excluding hydrogens is 319 g/mol. The van der Waals surface area contributed by atoms with Crippen molar-refractivity contribution in [3.8, 4) is 0 Å². The summed E-state index contributed by atoms with van der Waals surface area (Å²) in [4.78, 5) is 2.50. The van der Waals surface area contributed by atoms with Crippen LogP contribution in [-0.4, -0.2) is 31.1 Å². The van der Waals surface area contributed by atoms with Crippen molar-refractivity contribution in [3.05, 3.63) is 34.1 Å². The van der Waals surface area contributed by atoms with Crippen LogP contribution in [-0.2, 0) is 6.54 Å². The van der Waals surface area contributed by atoms with Gasteiger partial charge in [0.15, 0.2) is 0 Å². The second kappa shape index (κ2) is 8.11. The van der Waals surface area contributed by atoms with Gasteiger partial charge in [-0.2, -0.15) is 0 Å². The Balaban J connectivity index is 1.96. The van der Waals surface area contributed by atoms with E-state index in [2.05, 4.69) is 33.1 Å². The molecule has 1 aromatic rings. The first kappa shape index (κ1) is 15.9. The van der Waals surface area contributed by atoms with Gasteiger partial charge in [-0.05, 0) is 62.5 Å². The van der Waals surface area contributed by atoms with E-state index in [1.54, 1.807) is 12.1 Å². The maximum Gasteiger partial charge on any atom is 0.124 e. The molecule has 1 aromatic carbocycles. The molecule has 1 saturated heterocycles. The van der Waals surface area contributed by atoms with Crippen molar-refractivity contribution in [2.75, 3.05) is 26.2 Å². The lowest BCUT2D eigenvalue weighted by Crippen LogP contribution is -2.38. The summed E-state index contributed by atoms with van der Waals surface area (Å²) in [7, 11) is 0. The van der Waals surface area contributed by atoms with Crippen LogP contribution in [0.5, 0.6) is 0 Å². The first-order valence-electron chi connectivity index (χ1n) is 7.56. The molecule has 1 N–H and O–H groups in total. The van der Waals surface area contributed by atoms with Gasteiger partial charge in [0, 0.05) is 17.6 Å². The average molecular weight is 343 g/mol. The molecule has 1 heterocycles. The van der Waals surface area contributed by atoms with E-state index in [9.17, 15) is 4.39 Å². The SMILES string of the molecule is CCCN(Cc1ccc(F)cc1Br)CC1CCCNC1. The highest BCUT2D eigenvalue weighted by molar-refractivity contribution is 9.10. The van der Waals surface area contributed by atoms with Gasteiger partial charge < -0.3 is 5.32 Å². The van der Waals surface area contributed by atoms with Crippen molar-refractivity contribution in [3.63, 3.8) is 0 Å². The molecule has 2 nitrogen and oxygen atoms in total. The van der Waals surface area contributed by atoms with Gasteiger partial charge in [-0.1, -0.05) is 28.9 Å². The third kappa shape index (κ3) is 4.83. The van der Waals surface area contributed by atoms with Crippen LogP contribution in [0.2, 0.25) is 0 Å². The Morgan fingerprint density at radius 1 is 1.45 bits per heavy atom. The van der Waals surface area contributed by atoms with Gasteiger partial charge in [0.2, 0.25) is 0 Å². The monoisotopic (exact) mass is 342 g/mol. The zero-order valence-electron chi connectivity index (χ0n) is 12.2. The summed E-state index contributed by atoms with van der Waals surface area (Å²) in [6.07, 6.45) is 3.75. The molecule has 1 atom stereocenters. The van der Waals surface area contributed by atoms with Crippen LogP contribution in [0.3, 0.4) is 0 Å². The van der Waals surface area contributed by atoms with Gasteiger partial charge in [-0.3, -0.25) is 4.90 Å². The molecule has 2 rings (SSSR count). The summed E-state index contributed by atoms with van der Waals surface area (Å²) in [6, 6.07) is 5.00. The molecule has 20 heavy (non-hydrogen) atoms. The Hall–Kier alpha value is -0.450. The van der Waals surface area contributed by atoms with E-state index in [4.69, 9.17) is 0 Å². The smallest absolute Gasteiger partial charge is 0.124 e. The lowest BCUT2D eigenvalue weighted by molar-refractivity contribution is 0.201. The van der Waals surface area contributed by atoms with Gasteiger partial charge in [0.1, 0.15) is 5.82 Å². The summed E-state index contributed by atoms with van der Waals surface area (Å²) in [5.41, 5.74) is 1.17. The van der Waals surface area contributed by atoms with Gasteiger partial charge in [0.05, 0.1) is 0 Å². The molecule has 1 aliphatic rings. The number of halogens is 2. The minimum absolute atomic E-state index is 0.181. The molecule has 1 fully saturated rings. The zero-order valence-corrected chi connectivity index (χ0v) is 13.8. The fourth-order valence-corrected chi connectivity index (χ4v) is 3.36. The molecule has 4 heteroatoms. The van der Waals surface area contributed by atoms with Crippen molar-refractivity contribution in [2.24, 2.45) is 5.92 Å². The number of nitrogens with one attached hydrogen (secondary N) is 1. The lowest BCUT2D eigenvalue weighted by Gasteiger charge is -2.30. The van der Waals surface area contributed by atoms with E-state index >= 15 is 0 Å². The van der Waals surface area contributed by atoms with E-state index in [1.165, 1.54) is 18.4 Å². The van der Waals surface area contributed by atoms with Crippen molar-refractivity contribution in [1.82, 2.24) is 10.2 Å². The van der Waals surface area contributed by atoms with Crippen LogP contribution < -0.4 is 5.32 Å². The molecule has 0 amide bonds. The molecule has 1 unspecified atom stereocenters. The topological polar surface area (TPSA) is 15.3 Å². The maximum absolute atomic E-state index is 13.2. The largest absolute Gasteiger partial charge is 0.316 e.